The third-order valence-corrected chi connectivity index (χ3v) is 3.75. The minimum absolute atomic E-state index is 0.146. The normalized spacial score (nSPS) is 11.0. The molecule has 0 amide bonds. The van der Waals surface area contributed by atoms with E-state index in [4.69, 9.17) is 11.6 Å². The number of aromatic nitrogens is 2. The molecule has 0 spiro atoms. The first-order valence-corrected chi connectivity index (χ1v) is 7.57. The van der Waals surface area contributed by atoms with Crippen LogP contribution in [0.1, 0.15) is 12.0 Å². The van der Waals surface area contributed by atoms with Gasteiger partial charge in [0.1, 0.15) is 5.02 Å². The number of nitrogens with zero attached hydrogens (tertiary/aromatic N) is 3. The van der Waals surface area contributed by atoms with Gasteiger partial charge in [-0.15, -0.1) is 0 Å². The van der Waals surface area contributed by atoms with Gasteiger partial charge in [-0.2, -0.15) is 5.10 Å². The Bertz CT molecular complexity index is 680. The maximum Gasteiger partial charge on any atom is 0.287 e. The van der Waals surface area contributed by atoms with Crippen LogP contribution in [0, 0.1) is 0 Å². The Morgan fingerprint density at radius 1 is 1.27 bits per heavy atom. The van der Waals surface area contributed by atoms with E-state index < -0.39 is 0 Å². The Labute approximate surface area is 135 Å². The minimum atomic E-state index is -0.313. The Morgan fingerprint density at radius 2 is 1.95 bits per heavy atom. The lowest BCUT2D eigenvalue weighted by Crippen LogP contribution is -2.20. The van der Waals surface area contributed by atoms with Crippen molar-refractivity contribution in [1.82, 2.24) is 14.7 Å². The summed E-state index contributed by atoms with van der Waals surface area (Å²) in [5, 5.41) is 7.23. The van der Waals surface area contributed by atoms with Crippen molar-refractivity contribution in [2.24, 2.45) is 7.05 Å². The maximum absolute atomic E-state index is 11.7. The van der Waals surface area contributed by atoms with Crippen LogP contribution in [-0.2, 0) is 13.5 Å². The highest BCUT2D eigenvalue weighted by atomic mass is 35.5. The number of halogens is 1. The second-order valence-electron chi connectivity index (χ2n) is 5.53. The van der Waals surface area contributed by atoms with E-state index in [-0.39, 0.29) is 10.6 Å². The summed E-state index contributed by atoms with van der Waals surface area (Å²) < 4.78 is 1.21. The quantitative estimate of drug-likeness (QED) is 0.889. The number of nitrogens with one attached hydrogen (secondary N) is 1. The Kier molecular flexibility index (Phi) is 5.57. The molecule has 0 bridgehead atoms. The molecule has 0 unspecified atom stereocenters. The molecule has 1 aromatic carbocycles. The van der Waals surface area contributed by atoms with Crippen LogP contribution in [0.3, 0.4) is 0 Å². The third-order valence-electron chi connectivity index (χ3n) is 3.38. The zero-order chi connectivity index (χ0) is 16.1. The average molecular weight is 321 g/mol. The molecule has 6 heteroatoms. The molecule has 0 saturated heterocycles. The molecule has 1 N–H and O–H groups in total. The lowest BCUT2D eigenvalue weighted by molar-refractivity contribution is 0.400. The Balaban J connectivity index is 2.02. The van der Waals surface area contributed by atoms with Gasteiger partial charge in [0.25, 0.3) is 5.56 Å². The van der Waals surface area contributed by atoms with Gasteiger partial charge >= 0.3 is 0 Å². The van der Waals surface area contributed by atoms with Gasteiger partial charge in [0.05, 0.1) is 11.9 Å². The molecule has 0 atom stereocenters. The number of benzene rings is 1. The van der Waals surface area contributed by atoms with Crippen LogP contribution < -0.4 is 10.9 Å². The summed E-state index contributed by atoms with van der Waals surface area (Å²) in [7, 11) is 5.73. The lowest BCUT2D eigenvalue weighted by atomic mass is 10.1. The van der Waals surface area contributed by atoms with E-state index in [0.29, 0.717) is 5.69 Å². The topological polar surface area (TPSA) is 50.2 Å². The predicted molar refractivity (Wildman–Crippen MR) is 91.1 cm³/mol. The van der Waals surface area contributed by atoms with Crippen molar-refractivity contribution in [3.8, 4) is 0 Å². The van der Waals surface area contributed by atoms with Crippen molar-refractivity contribution in [2.45, 2.75) is 12.8 Å². The molecule has 0 saturated carbocycles. The smallest absolute Gasteiger partial charge is 0.287 e. The summed E-state index contributed by atoms with van der Waals surface area (Å²) in [6.07, 6.45) is 3.73. The molecule has 0 aliphatic rings. The molecule has 0 aliphatic heterocycles. The van der Waals surface area contributed by atoms with Crippen molar-refractivity contribution in [3.63, 3.8) is 0 Å². The highest BCUT2D eigenvalue weighted by Crippen LogP contribution is 2.21. The number of hydrogen-bond donors (Lipinski definition) is 1. The first-order chi connectivity index (χ1) is 10.5. The van der Waals surface area contributed by atoms with E-state index in [9.17, 15) is 4.79 Å². The van der Waals surface area contributed by atoms with Crippen molar-refractivity contribution in [3.05, 3.63) is 51.4 Å². The summed E-state index contributed by atoms with van der Waals surface area (Å²) in [6.45, 7) is 1.08. The highest BCUT2D eigenvalue weighted by Gasteiger charge is 2.07. The number of aryl methyl sites for hydroxylation is 2. The first kappa shape index (κ1) is 16.5. The molecular formula is C16H21ClN4O. The summed E-state index contributed by atoms with van der Waals surface area (Å²) in [5.41, 5.74) is 2.38. The number of hydrogen-bond acceptors (Lipinski definition) is 4. The lowest BCUT2D eigenvalue weighted by Gasteiger charge is -2.10. The fourth-order valence-electron chi connectivity index (χ4n) is 2.11. The fraction of sp³-hybridized carbons (Fsp3) is 0.375. The number of anilines is 2. The fourth-order valence-corrected chi connectivity index (χ4v) is 2.33. The van der Waals surface area contributed by atoms with E-state index in [1.807, 2.05) is 12.1 Å². The molecule has 0 radical (unpaired) electrons. The van der Waals surface area contributed by atoms with Crippen molar-refractivity contribution >= 4 is 23.0 Å². The van der Waals surface area contributed by atoms with Crippen LogP contribution in [0.4, 0.5) is 11.4 Å². The largest absolute Gasteiger partial charge is 0.353 e. The summed E-state index contributed by atoms with van der Waals surface area (Å²) in [6, 6.07) is 8.14. The van der Waals surface area contributed by atoms with Gasteiger partial charge < -0.3 is 10.2 Å². The molecule has 22 heavy (non-hydrogen) atoms. The Hall–Kier alpha value is -1.85. The predicted octanol–water partition coefficient (Wildman–Crippen LogP) is 2.67. The molecule has 2 rings (SSSR count). The molecule has 118 valence electrons. The van der Waals surface area contributed by atoms with E-state index >= 15 is 0 Å². The van der Waals surface area contributed by atoms with Crippen LogP contribution >= 0.6 is 11.6 Å². The van der Waals surface area contributed by atoms with Gasteiger partial charge in [0.15, 0.2) is 0 Å². The van der Waals surface area contributed by atoms with Crippen molar-refractivity contribution in [2.75, 3.05) is 26.0 Å². The van der Waals surface area contributed by atoms with Gasteiger partial charge in [-0.3, -0.25) is 4.79 Å². The minimum Gasteiger partial charge on any atom is -0.353 e. The third kappa shape index (κ3) is 4.32. The summed E-state index contributed by atoms with van der Waals surface area (Å²) in [4.78, 5) is 13.9. The Morgan fingerprint density at radius 3 is 2.59 bits per heavy atom. The van der Waals surface area contributed by atoms with E-state index in [1.54, 1.807) is 13.2 Å². The summed E-state index contributed by atoms with van der Waals surface area (Å²) >= 11 is 6.04. The van der Waals surface area contributed by atoms with E-state index in [1.165, 1.54) is 10.2 Å². The van der Waals surface area contributed by atoms with Gasteiger partial charge in [0.2, 0.25) is 0 Å². The molecule has 2 aromatic rings. The van der Waals surface area contributed by atoms with Gasteiger partial charge in [0, 0.05) is 12.7 Å². The second-order valence-corrected chi connectivity index (χ2v) is 5.91. The zero-order valence-electron chi connectivity index (χ0n) is 13.1. The molecular weight excluding hydrogens is 300 g/mol. The van der Waals surface area contributed by atoms with Gasteiger partial charge in [-0.1, -0.05) is 23.7 Å². The zero-order valence-corrected chi connectivity index (χ0v) is 13.9. The SMILES string of the molecule is CN(C)CCCc1ccc(Nc2cnn(C)c(=O)c2Cl)cc1. The average Bonchev–Trinajstić information content (AvgIpc) is 2.49. The highest BCUT2D eigenvalue weighted by molar-refractivity contribution is 6.33. The van der Waals surface area contributed by atoms with Crippen LogP contribution in [0.25, 0.3) is 0 Å². The van der Waals surface area contributed by atoms with Crippen molar-refractivity contribution in [1.29, 1.82) is 0 Å². The van der Waals surface area contributed by atoms with E-state index in [0.717, 1.165) is 25.1 Å². The van der Waals surface area contributed by atoms with Gasteiger partial charge in [-0.25, -0.2) is 4.68 Å². The first-order valence-electron chi connectivity index (χ1n) is 7.20. The molecule has 1 heterocycles. The van der Waals surface area contributed by atoms with Crippen LogP contribution in [0.15, 0.2) is 35.3 Å². The monoisotopic (exact) mass is 320 g/mol. The summed E-state index contributed by atoms with van der Waals surface area (Å²) in [5.74, 6) is 0. The van der Waals surface area contributed by atoms with Gasteiger partial charge in [-0.05, 0) is 51.2 Å². The van der Waals surface area contributed by atoms with Crippen LogP contribution in [0.2, 0.25) is 5.02 Å². The standard InChI is InChI=1S/C16H21ClN4O/c1-20(2)10-4-5-12-6-8-13(9-7-12)19-14-11-18-21(3)16(22)15(14)17/h6-9,11,19H,4-5,10H2,1-3H3. The molecule has 0 aliphatic carbocycles. The second kappa shape index (κ2) is 7.42. The van der Waals surface area contributed by atoms with Crippen LogP contribution in [-0.4, -0.2) is 35.3 Å². The number of rotatable bonds is 6. The van der Waals surface area contributed by atoms with E-state index in [2.05, 4.69) is 41.5 Å². The molecule has 1 aromatic heterocycles. The molecule has 5 nitrogen and oxygen atoms in total. The van der Waals surface area contributed by atoms with Crippen LogP contribution in [0.5, 0.6) is 0 Å². The molecule has 0 fully saturated rings. The maximum atomic E-state index is 11.7. The van der Waals surface area contributed by atoms with Crippen molar-refractivity contribution < 1.29 is 0 Å².